The predicted octanol–water partition coefficient (Wildman–Crippen LogP) is 2.92. The summed E-state index contributed by atoms with van der Waals surface area (Å²) < 4.78 is 26.9. The summed E-state index contributed by atoms with van der Waals surface area (Å²) in [5, 5.41) is 2.73. The molecule has 0 heterocycles. The van der Waals surface area contributed by atoms with E-state index in [1.54, 1.807) is 38.1 Å². The van der Waals surface area contributed by atoms with E-state index in [1.165, 1.54) is 4.90 Å². The molecule has 2 aromatic rings. The molecule has 168 valence electrons. The van der Waals surface area contributed by atoms with Crippen LogP contribution in [-0.4, -0.2) is 50.5 Å². The number of carbonyl (C=O) groups excluding carboxylic acids is 2. The van der Waals surface area contributed by atoms with Crippen LogP contribution in [-0.2, 0) is 26.2 Å². The van der Waals surface area contributed by atoms with E-state index in [1.807, 2.05) is 31.2 Å². The highest BCUT2D eigenvalue weighted by atomic mass is 127. The van der Waals surface area contributed by atoms with E-state index in [-0.39, 0.29) is 12.5 Å². The number of aryl methyl sites for hydroxylation is 1. The van der Waals surface area contributed by atoms with Crippen LogP contribution in [0.3, 0.4) is 0 Å². The third-order valence-corrected chi connectivity index (χ3v) is 6.65. The maximum Gasteiger partial charge on any atom is 0.244 e. The smallest absolute Gasteiger partial charge is 0.244 e. The Labute approximate surface area is 198 Å². The highest BCUT2D eigenvalue weighted by Crippen LogP contribution is 2.20. The molecule has 1 atom stereocenters. The molecule has 0 spiro atoms. The van der Waals surface area contributed by atoms with Gasteiger partial charge in [-0.2, -0.15) is 0 Å². The topological polar surface area (TPSA) is 86.8 Å². The molecule has 0 saturated carbocycles. The second-order valence-electron chi connectivity index (χ2n) is 7.32. The van der Waals surface area contributed by atoms with Gasteiger partial charge in [0.1, 0.15) is 12.6 Å². The highest BCUT2D eigenvalue weighted by molar-refractivity contribution is 14.1. The monoisotopic (exact) mass is 557 g/mol. The lowest BCUT2D eigenvalue weighted by molar-refractivity contribution is -0.139. The van der Waals surface area contributed by atoms with Crippen molar-refractivity contribution < 1.29 is 18.0 Å². The Bertz CT molecular complexity index is 1010. The van der Waals surface area contributed by atoms with E-state index < -0.39 is 28.5 Å². The number of nitrogens with zero attached hydrogens (tertiary/aromatic N) is 2. The van der Waals surface area contributed by atoms with Crippen LogP contribution >= 0.6 is 22.6 Å². The molecule has 2 rings (SSSR count). The van der Waals surface area contributed by atoms with E-state index in [0.717, 1.165) is 25.3 Å². The van der Waals surface area contributed by atoms with Crippen molar-refractivity contribution in [2.45, 2.75) is 33.4 Å². The zero-order valence-electron chi connectivity index (χ0n) is 18.1. The summed E-state index contributed by atoms with van der Waals surface area (Å²) in [6, 6.07) is 13.8. The van der Waals surface area contributed by atoms with E-state index >= 15 is 0 Å². The fourth-order valence-electron chi connectivity index (χ4n) is 3.02. The van der Waals surface area contributed by atoms with Crippen molar-refractivity contribution in [3.05, 3.63) is 63.2 Å². The average molecular weight is 557 g/mol. The lowest BCUT2D eigenvalue weighted by Crippen LogP contribution is -2.51. The largest absolute Gasteiger partial charge is 0.355 e. The van der Waals surface area contributed by atoms with Crippen molar-refractivity contribution in [2.24, 2.45) is 0 Å². The average Bonchev–Trinajstić information content (AvgIpc) is 2.71. The van der Waals surface area contributed by atoms with Gasteiger partial charge in [0.05, 0.1) is 11.9 Å². The number of benzene rings is 2. The SMILES string of the molecule is CCNC(=O)C(C)N(Cc1ccc(C)cc1)C(=O)CN(c1ccc(I)cc1)S(C)(=O)=O. The van der Waals surface area contributed by atoms with Crippen molar-refractivity contribution in [2.75, 3.05) is 23.7 Å². The van der Waals surface area contributed by atoms with Crippen LogP contribution in [0.2, 0.25) is 0 Å². The van der Waals surface area contributed by atoms with Crippen molar-refractivity contribution >= 4 is 50.1 Å². The molecule has 0 aliphatic carbocycles. The molecule has 0 fully saturated rings. The number of hydrogen-bond acceptors (Lipinski definition) is 4. The summed E-state index contributed by atoms with van der Waals surface area (Å²) in [5.41, 5.74) is 2.34. The van der Waals surface area contributed by atoms with E-state index in [4.69, 9.17) is 0 Å². The Balaban J connectivity index is 2.35. The molecule has 0 aliphatic heterocycles. The highest BCUT2D eigenvalue weighted by Gasteiger charge is 2.29. The van der Waals surface area contributed by atoms with E-state index in [9.17, 15) is 18.0 Å². The quantitative estimate of drug-likeness (QED) is 0.481. The first kappa shape index (κ1) is 25.1. The molecule has 0 aliphatic rings. The van der Waals surface area contributed by atoms with Crippen molar-refractivity contribution in [3.63, 3.8) is 0 Å². The molecule has 1 N–H and O–H groups in total. The molecule has 7 nitrogen and oxygen atoms in total. The summed E-state index contributed by atoms with van der Waals surface area (Å²) in [5.74, 6) is -0.744. The molecule has 0 saturated heterocycles. The zero-order valence-corrected chi connectivity index (χ0v) is 21.1. The lowest BCUT2D eigenvalue weighted by atomic mass is 10.1. The number of halogens is 1. The molecule has 31 heavy (non-hydrogen) atoms. The Morgan fingerprint density at radius 2 is 1.65 bits per heavy atom. The second kappa shape index (κ2) is 10.9. The maximum absolute atomic E-state index is 13.3. The Morgan fingerprint density at radius 1 is 1.06 bits per heavy atom. The van der Waals surface area contributed by atoms with Gasteiger partial charge in [-0.1, -0.05) is 29.8 Å². The van der Waals surface area contributed by atoms with Gasteiger partial charge in [0.2, 0.25) is 21.8 Å². The van der Waals surface area contributed by atoms with Crippen LogP contribution in [0.4, 0.5) is 5.69 Å². The molecular weight excluding hydrogens is 529 g/mol. The number of nitrogens with one attached hydrogen (secondary N) is 1. The molecule has 9 heteroatoms. The minimum absolute atomic E-state index is 0.196. The number of anilines is 1. The fourth-order valence-corrected chi connectivity index (χ4v) is 4.23. The van der Waals surface area contributed by atoms with Crippen molar-refractivity contribution in [1.29, 1.82) is 0 Å². The summed E-state index contributed by atoms with van der Waals surface area (Å²) in [4.78, 5) is 27.2. The van der Waals surface area contributed by atoms with E-state index in [0.29, 0.717) is 12.2 Å². The molecule has 2 amide bonds. The maximum atomic E-state index is 13.3. The van der Waals surface area contributed by atoms with Gasteiger partial charge < -0.3 is 10.2 Å². The third kappa shape index (κ3) is 7.20. The third-order valence-electron chi connectivity index (χ3n) is 4.79. The van der Waals surface area contributed by atoms with Crippen molar-refractivity contribution in [1.82, 2.24) is 10.2 Å². The molecule has 0 aromatic heterocycles. The van der Waals surface area contributed by atoms with Crippen LogP contribution in [0.5, 0.6) is 0 Å². The van der Waals surface area contributed by atoms with Gasteiger partial charge in [-0.15, -0.1) is 0 Å². The van der Waals surface area contributed by atoms with Crippen LogP contribution < -0.4 is 9.62 Å². The van der Waals surface area contributed by atoms with Gasteiger partial charge in [-0.3, -0.25) is 13.9 Å². The number of likely N-dealkylation sites (N-methyl/N-ethyl adjacent to an activating group) is 1. The van der Waals surface area contributed by atoms with Gasteiger partial charge in [0, 0.05) is 16.7 Å². The molecular formula is C22H28IN3O4S. The van der Waals surface area contributed by atoms with Crippen molar-refractivity contribution in [3.8, 4) is 0 Å². The summed E-state index contributed by atoms with van der Waals surface area (Å²) >= 11 is 2.13. The van der Waals surface area contributed by atoms with E-state index in [2.05, 4.69) is 27.9 Å². The summed E-state index contributed by atoms with van der Waals surface area (Å²) in [6.45, 7) is 5.66. The predicted molar refractivity (Wildman–Crippen MR) is 131 cm³/mol. The van der Waals surface area contributed by atoms with Crippen LogP contribution in [0.1, 0.15) is 25.0 Å². The molecule has 2 aromatic carbocycles. The number of hydrogen-bond donors (Lipinski definition) is 1. The number of amides is 2. The summed E-state index contributed by atoms with van der Waals surface area (Å²) in [7, 11) is -3.71. The lowest BCUT2D eigenvalue weighted by Gasteiger charge is -2.31. The number of sulfonamides is 1. The first-order valence-corrected chi connectivity index (χ1v) is 12.8. The summed E-state index contributed by atoms with van der Waals surface area (Å²) in [6.07, 6.45) is 1.07. The Morgan fingerprint density at radius 3 is 2.16 bits per heavy atom. The first-order chi connectivity index (χ1) is 14.5. The molecule has 1 unspecified atom stereocenters. The zero-order chi connectivity index (χ0) is 23.2. The molecule has 0 bridgehead atoms. The van der Waals surface area contributed by atoms with Crippen LogP contribution in [0, 0.1) is 10.5 Å². The fraction of sp³-hybridized carbons (Fsp3) is 0.364. The van der Waals surface area contributed by atoms with Gasteiger partial charge in [-0.05, 0) is 73.2 Å². The normalized spacial score (nSPS) is 12.2. The Kier molecular flexibility index (Phi) is 8.87. The van der Waals surface area contributed by atoms with Gasteiger partial charge in [0.15, 0.2) is 0 Å². The minimum Gasteiger partial charge on any atom is -0.355 e. The number of carbonyl (C=O) groups is 2. The minimum atomic E-state index is -3.71. The Hall–Kier alpha value is -2.14. The van der Waals surface area contributed by atoms with Crippen LogP contribution in [0.15, 0.2) is 48.5 Å². The molecule has 0 radical (unpaired) electrons. The first-order valence-electron chi connectivity index (χ1n) is 9.89. The van der Waals surface area contributed by atoms with Gasteiger partial charge in [-0.25, -0.2) is 8.42 Å². The number of rotatable bonds is 9. The van der Waals surface area contributed by atoms with Gasteiger partial charge in [0.25, 0.3) is 0 Å². The van der Waals surface area contributed by atoms with Gasteiger partial charge >= 0.3 is 0 Å². The van der Waals surface area contributed by atoms with Crippen LogP contribution in [0.25, 0.3) is 0 Å². The second-order valence-corrected chi connectivity index (χ2v) is 10.5. The standard InChI is InChI=1S/C22H28IN3O4S/c1-5-24-22(28)17(3)25(14-18-8-6-16(2)7-9-18)21(27)15-26(31(4,29)30)20-12-10-19(23)11-13-20/h6-13,17H,5,14-15H2,1-4H3,(H,24,28).